The van der Waals surface area contributed by atoms with Gasteiger partial charge in [0.1, 0.15) is 0 Å². The van der Waals surface area contributed by atoms with Crippen LogP contribution in [-0.2, 0) is 17.2 Å². The number of aryl methyl sites for hydroxylation is 1. The summed E-state index contributed by atoms with van der Waals surface area (Å²) in [6, 6.07) is 6.73. The number of rotatable bonds is 6. The minimum absolute atomic E-state index is 0. The van der Waals surface area contributed by atoms with Crippen LogP contribution in [0.3, 0.4) is 0 Å². The molecule has 28 heavy (non-hydrogen) atoms. The van der Waals surface area contributed by atoms with Crippen LogP contribution in [-0.4, -0.2) is 45.8 Å². The SMILES string of the molecule is CCS(=O)C1CCCC(NC(=NC)NCCc2c[nH]c3cccc(C)c23)C1.I. The average Bonchev–Trinajstić information content (AvgIpc) is 3.11. The monoisotopic (exact) mass is 516 g/mol. The first-order chi connectivity index (χ1) is 13.1. The van der Waals surface area contributed by atoms with E-state index in [0.717, 1.165) is 50.4 Å². The van der Waals surface area contributed by atoms with E-state index < -0.39 is 10.8 Å². The van der Waals surface area contributed by atoms with Crippen LogP contribution >= 0.6 is 24.0 Å². The molecule has 1 fully saturated rings. The lowest BCUT2D eigenvalue weighted by molar-refractivity contribution is 0.413. The summed E-state index contributed by atoms with van der Waals surface area (Å²) < 4.78 is 12.1. The van der Waals surface area contributed by atoms with Crippen LogP contribution in [0, 0.1) is 6.92 Å². The molecule has 0 amide bonds. The number of nitrogens with one attached hydrogen (secondary N) is 3. The van der Waals surface area contributed by atoms with Crippen LogP contribution in [0.2, 0.25) is 0 Å². The number of guanidine groups is 1. The number of hydrogen-bond acceptors (Lipinski definition) is 2. The van der Waals surface area contributed by atoms with Crippen LogP contribution in [0.15, 0.2) is 29.4 Å². The Hall–Kier alpha value is -1.09. The van der Waals surface area contributed by atoms with E-state index >= 15 is 0 Å². The molecule has 156 valence electrons. The van der Waals surface area contributed by atoms with Crippen molar-refractivity contribution in [1.82, 2.24) is 15.6 Å². The molecule has 0 bridgehead atoms. The molecule has 3 rings (SSSR count). The lowest BCUT2D eigenvalue weighted by atomic mass is 9.95. The van der Waals surface area contributed by atoms with Crippen molar-refractivity contribution in [2.24, 2.45) is 4.99 Å². The summed E-state index contributed by atoms with van der Waals surface area (Å²) in [4.78, 5) is 7.75. The van der Waals surface area contributed by atoms with Crippen molar-refractivity contribution in [3.05, 3.63) is 35.5 Å². The largest absolute Gasteiger partial charge is 0.361 e. The number of halogens is 1. The Labute approximate surface area is 188 Å². The van der Waals surface area contributed by atoms with Gasteiger partial charge in [-0.05, 0) is 49.8 Å². The number of aromatic amines is 1. The molecule has 1 aliphatic rings. The molecule has 3 N–H and O–H groups in total. The average molecular weight is 516 g/mol. The zero-order chi connectivity index (χ0) is 19.2. The van der Waals surface area contributed by atoms with E-state index in [1.807, 2.05) is 14.0 Å². The second kappa shape index (κ2) is 11.2. The summed E-state index contributed by atoms with van der Waals surface area (Å²) in [7, 11) is 1.12. The van der Waals surface area contributed by atoms with Crippen molar-refractivity contribution in [1.29, 1.82) is 0 Å². The van der Waals surface area contributed by atoms with Gasteiger partial charge < -0.3 is 15.6 Å². The van der Waals surface area contributed by atoms with E-state index in [-0.39, 0.29) is 24.0 Å². The highest BCUT2D eigenvalue weighted by Gasteiger charge is 2.26. The quantitative estimate of drug-likeness (QED) is 0.310. The first kappa shape index (κ1) is 23.2. The van der Waals surface area contributed by atoms with E-state index in [0.29, 0.717) is 11.3 Å². The standard InChI is InChI=1S/C21H32N4OS.HI/c1-4-27(26)18-9-6-8-17(13-18)25-21(22-3)23-12-11-16-14-24-19-10-5-7-15(2)20(16)19;/h5,7,10,14,17-18,24H,4,6,8-9,11-13H2,1-3H3,(H2,22,23,25);1H. The summed E-state index contributed by atoms with van der Waals surface area (Å²) in [5, 5.41) is 8.65. The van der Waals surface area contributed by atoms with E-state index in [1.165, 1.54) is 22.0 Å². The van der Waals surface area contributed by atoms with Gasteiger partial charge in [0.15, 0.2) is 5.96 Å². The molecular formula is C21H33IN4OS. The number of fused-ring (bicyclic) bond motifs is 1. The Morgan fingerprint density at radius 1 is 1.36 bits per heavy atom. The highest BCUT2D eigenvalue weighted by Crippen LogP contribution is 2.23. The molecule has 2 aromatic rings. The third kappa shape index (κ3) is 5.72. The Bertz CT molecular complexity index is 820. The van der Waals surface area contributed by atoms with E-state index in [1.54, 1.807) is 0 Å². The van der Waals surface area contributed by atoms with Gasteiger partial charge >= 0.3 is 0 Å². The molecular weight excluding hydrogens is 483 g/mol. The first-order valence-corrected chi connectivity index (χ1v) is 11.4. The highest BCUT2D eigenvalue weighted by atomic mass is 127. The van der Waals surface area contributed by atoms with Gasteiger partial charge in [0.25, 0.3) is 0 Å². The van der Waals surface area contributed by atoms with Gasteiger partial charge in [-0.15, -0.1) is 24.0 Å². The van der Waals surface area contributed by atoms with Crippen LogP contribution < -0.4 is 10.6 Å². The fraction of sp³-hybridized carbons (Fsp3) is 0.571. The molecule has 7 heteroatoms. The van der Waals surface area contributed by atoms with E-state index in [4.69, 9.17) is 0 Å². The molecule has 1 heterocycles. The Kier molecular flexibility index (Phi) is 9.27. The number of hydrogen-bond donors (Lipinski definition) is 3. The Morgan fingerprint density at radius 2 is 2.18 bits per heavy atom. The van der Waals surface area contributed by atoms with E-state index in [2.05, 4.69) is 51.9 Å². The molecule has 1 aliphatic carbocycles. The van der Waals surface area contributed by atoms with E-state index in [9.17, 15) is 4.21 Å². The third-order valence-electron chi connectivity index (χ3n) is 5.53. The topological polar surface area (TPSA) is 69.3 Å². The summed E-state index contributed by atoms with van der Waals surface area (Å²) in [6.07, 6.45) is 7.38. The predicted molar refractivity (Wildman–Crippen MR) is 131 cm³/mol. The van der Waals surface area contributed by atoms with Gasteiger partial charge in [0, 0.05) is 58.5 Å². The maximum absolute atomic E-state index is 12.1. The van der Waals surface area contributed by atoms with Crippen LogP contribution in [0.1, 0.15) is 43.7 Å². The second-order valence-corrected chi connectivity index (χ2v) is 9.37. The minimum Gasteiger partial charge on any atom is -0.361 e. The van der Waals surface area contributed by atoms with Crippen molar-refractivity contribution in [2.75, 3.05) is 19.3 Å². The number of aliphatic imine (C=N–C) groups is 1. The molecule has 1 aromatic carbocycles. The number of aromatic nitrogens is 1. The fourth-order valence-electron chi connectivity index (χ4n) is 4.10. The molecule has 1 aromatic heterocycles. The molecule has 3 unspecified atom stereocenters. The fourth-order valence-corrected chi connectivity index (χ4v) is 5.45. The number of H-pyrrole nitrogens is 1. The van der Waals surface area contributed by atoms with Gasteiger partial charge in [0.05, 0.1) is 0 Å². The zero-order valence-corrected chi connectivity index (χ0v) is 20.2. The molecule has 1 saturated carbocycles. The van der Waals surface area contributed by atoms with Crippen molar-refractivity contribution in [2.45, 2.75) is 57.2 Å². The van der Waals surface area contributed by atoms with Crippen molar-refractivity contribution in [3.63, 3.8) is 0 Å². The number of nitrogens with zero attached hydrogens (tertiary/aromatic N) is 1. The van der Waals surface area contributed by atoms with Gasteiger partial charge in [-0.2, -0.15) is 0 Å². The molecule has 0 saturated heterocycles. The molecule has 3 atom stereocenters. The van der Waals surface area contributed by atoms with Gasteiger partial charge in [-0.3, -0.25) is 9.20 Å². The maximum Gasteiger partial charge on any atom is 0.191 e. The van der Waals surface area contributed by atoms with Gasteiger partial charge in [-0.1, -0.05) is 25.5 Å². The lowest BCUT2D eigenvalue weighted by Gasteiger charge is -2.30. The summed E-state index contributed by atoms with van der Waals surface area (Å²) in [5.41, 5.74) is 3.84. The molecule has 5 nitrogen and oxygen atoms in total. The number of benzene rings is 1. The molecule has 0 radical (unpaired) electrons. The smallest absolute Gasteiger partial charge is 0.191 e. The normalized spacial score (nSPS) is 21.2. The minimum atomic E-state index is -0.696. The molecule has 0 spiro atoms. The highest BCUT2D eigenvalue weighted by molar-refractivity contribution is 14.0. The summed E-state index contributed by atoms with van der Waals surface area (Å²) in [6.45, 7) is 5.01. The zero-order valence-electron chi connectivity index (χ0n) is 17.1. The maximum atomic E-state index is 12.1. The Morgan fingerprint density at radius 3 is 2.93 bits per heavy atom. The van der Waals surface area contributed by atoms with Crippen molar-refractivity contribution < 1.29 is 4.21 Å². The lowest BCUT2D eigenvalue weighted by Crippen LogP contribution is -2.47. The first-order valence-electron chi connectivity index (χ1n) is 10.0. The summed E-state index contributed by atoms with van der Waals surface area (Å²) in [5.74, 6) is 1.61. The molecule has 0 aliphatic heterocycles. The summed E-state index contributed by atoms with van der Waals surface area (Å²) >= 11 is 0. The van der Waals surface area contributed by atoms with Gasteiger partial charge in [-0.25, -0.2) is 0 Å². The second-order valence-electron chi connectivity index (χ2n) is 7.36. The van der Waals surface area contributed by atoms with Crippen molar-refractivity contribution >= 4 is 51.6 Å². The van der Waals surface area contributed by atoms with Crippen LogP contribution in [0.5, 0.6) is 0 Å². The van der Waals surface area contributed by atoms with Gasteiger partial charge in [0.2, 0.25) is 0 Å². The Balaban J connectivity index is 0.00000280. The van der Waals surface area contributed by atoms with Crippen LogP contribution in [0.25, 0.3) is 10.9 Å². The van der Waals surface area contributed by atoms with Crippen molar-refractivity contribution in [3.8, 4) is 0 Å². The van der Waals surface area contributed by atoms with Crippen LogP contribution in [0.4, 0.5) is 0 Å². The third-order valence-corrected chi connectivity index (χ3v) is 7.27. The predicted octanol–water partition coefficient (Wildman–Crippen LogP) is 3.88.